The second kappa shape index (κ2) is 8.17. The summed E-state index contributed by atoms with van der Waals surface area (Å²) in [6, 6.07) is 12.7. The standard InChI is InChI=1S/C20H15Cl2N3O2/c21-16-8-12(9-17(22)19(16)26)7-14(10-23)20(27)24-6-5-13-11-25-18-4-2-1-3-15(13)18/h1-4,7-9,11,25-26H,5-6H2,(H,24,27). The first-order chi connectivity index (χ1) is 13.0. The summed E-state index contributed by atoms with van der Waals surface area (Å²) in [5, 5.41) is 22.8. The zero-order valence-corrected chi connectivity index (χ0v) is 15.6. The largest absolute Gasteiger partial charge is 0.505 e. The maximum atomic E-state index is 12.3. The van der Waals surface area contributed by atoms with Crippen molar-refractivity contribution in [1.82, 2.24) is 10.3 Å². The summed E-state index contributed by atoms with van der Waals surface area (Å²) in [7, 11) is 0. The summed E-state index contributed by atoms with van der Waals surface area (Å²) in [6.45, 7) is 0.386. The minimum atomic E-state index is -0.488. The number of para-hydroxylation sites is 1. The molecule has 3 N–H and O–H groups in total. The van der Waals surface area contributed by atoms with Crippen LogP contribution in [-0.4, -0.2) is 22.5 Å². The Morgan fingerprint density at radius 3 is 2.67 bits per heavy atom. The summed E-state index contributed by atoms with van der Waals surface area (Å²) in [6.07, 6.45) is 3.92. The highest BCUT2D eigenvalue weighted by atomic mass is 35.5. The van der Waals surface area contributed by atoms with Crippen molar-refractivity contribution in [1.29, 1.82) is 5.26 Å². The van der Waals surface area contributed by atoms with Gasteiger partial charge in [0.2, 0.25) is 0 Å². The van der Waals surface area contributed by atoms with Gasteiger partial charge in [0.05, 0.1) is 10.0 Å². The number of nitrogens with one attached hydrogen (secondary N) is 2. The second-order valence-electron chi connectivity index (χ2n) is 5.87. The van der Waals surface area contributed by atoms with E-state index in [0.717, 1.165) is 16.5 Å². The van der Waals surface area contributed by atoms with E-state index in [1.165, 1.54) is 18.2 Å². The number of carbonyl (C=O) groups is 1. The molecule has 3 rings (SSSR count). The number of fused-ring (bicyclic) bond motifs is 1. The van der Waals surface area contributed by atoms with Crippen LogP contribution in [-0.2, 0) is 11.2 Å². The first kappa shape index (κ1) is 18.8. The van der Waals surface area contributed by atoms with Crippen LogP contribution < -0.4 is 5.32 Å². The molecule has 0 aliphatic rings. The van der Waals surface area contributed by atoms with Crippen molar-refractivity contribution < 1.29 is 9.90 Å². The molecule has 0 saturated carbocycles. The van der Waals surface area contributed by atoms with E-state index < -0.39 is 5.91 Å². The zero-order valence-electron chi connectivity index (χ0n) is 14.1. The van der Waals surface area contributed by atoms with E-state index in [1.54, 1.807) is 0 Å². The molecular weight excluding hydrogens is 385 g/mol. The number of hydrogen-bond donors (Lipinski definition) is 3. The summed E-state index contributed by atoms with van der Waals surface area (Å²) in [5.41, 5.74) is 2.50. The lowest BCUT2D eigenvalue weighted by Crippen LogP contribution is -2.26. The molecule has 5 nitrogen and oxygen atoms in total. The van der Waals surface area contributed by atoms with Crippen LogP contribution >= 0.6 is 23.2 Å². The van der Waals surface area contributed by atoms with E-state index in [4.69, 9.17) is 23.2 Å². The molecule has 0 aliphatic carbocycles. The number of aromatic nitrogens is 1. The Kier molecular flexibility index (Phi) is 5.70. The number of phenolic OH excluding ortho intramolecular Hbond substituents is 1. The lowest BCUT2D eigenvalue weighted by Gasteiger charge is -2.05. The number of nitrogens with zero attached hydrogens (tertiary/aromatic N) is 1. The molecule has 136 valence electrons. The minimum Gasteiger partial charge on any atom is -0.505 e. The molecule has 0 aliphatic heterocycles. The van der Waals surface area contributed by atoms with E-state index in [9.17, 15) is 15.2 Å². The van der Waals surface area contributed by atoms with Gasteiger partial charge >= 0.3 is 0 Å². The van der Waals surface area contributed by atoms with Crippen LogP contribution in [0.4, 0.5) is 0 Å². The molecular formula is C20H15Cl2N3O2. The van der Waals surface area contributed by atoms with Crippen molar-refractivity contribution in [2.75, 3.05) is 6.54 Å². The number of rotatable bonds is 5. The van der Waals surface area contributed by atoms with Crippen molar-refractivity contribution >= 4 is 46.1 Å². The van der Waals surface area contributed by atoms with Crippen LogP contribution in [0.1, 0.15) is 11.1 Å². The molecule has 7 heteroatoms. The normalized spacial score (nSPS) is 11.4. The highest BCUT2D eigenvalue weighted by Gasteiger charge is 2.11. The summed E-state index contributed by atoms with van der Waals surface area (Å²) < 4.78 is 0. The van der Waals surface area contributed by atoms with Gasteiger partial charge in [0.25, 0.3) is 5.91 Å². The van der Waals surface area contributed by atoms with E-state index in [-0.39, 0.29) is 21.4 Å². The van der Waals surface area contributed by atoms with Crippen molar-refractivity contribution in [3.05, 3.63) is 69.3 Å². The molecule has 0 fully saturated rings. The number of carbonyl (C=O) groups excluding carboxylic acids is 1. The number of aromatic amines is 1. The number of benzene rings is 2. The van der Waals surface area contributed by atoms with Gasteiger partial charge in [0.1, 0.15) is 11.6 Å². The van der Waals surface area contributed by atoms with Gasteiger partial charge in [-0.3, -0.25) is 4.79 Å². The van der Waals surface area contributed by atoms with Gasteiger partial charge in [-0.2, -0.15) is 5.26 Å². The van der Waals surface area contributed by atoms with Gasteiger partial charge in [0.15, 0.2) is 5.75 Å². The van der Waals surface area contributed by atoms with E-state index in [2.05, 4.69) is 10.3 Å². The van der Waals surface area contributed by atoms with Crippen LogP contribution in [0, 0.1) is 11.3 Å². The van der Waals surface area contributed by atoms with Crippen LogP contribution in [0.15, 0.2) is 48.2 Å². The first-order valence-corrected chi connectivity index (χ1v) is 8.88. The van der Waals surface area contributed by atoms with Gasteiger partial charge in [-0.25, -0.2) is 0 Å². The lowest BCUT2D eigenvalue weighted by molar-refractivity contribution is -0.117. The maximum absolute atomic E-state index is 12.3. The van der Waals surface area contributed by atoms with E-state index in [0.29, 0.717) is 18.5 Å². The molecule has 0 atom stereocenters. The van der Waals surface area contributed by atoms with Gasteiger partial charge in [0, 0.05) is 23.6 Å². The predicted molar refractivity (Wildman–Crippen MR) is 107 cm³/mol. The average Bonchev–Trinajstić information content (AvgIpc) is 3.07. The van der Waals surface area contributed by atoms with Gasteiger partial charge in [-0.15, -0.1) is 0 Å². The fourth-order valence-electron chi connectivity index (χ4n) is 2.73. The Bertz CT molecular complexity index is 1060. The highest BCUT2D eigenvalue weighted by Crippen LogP contribution is 2.33. The molecule has 1 amide bonds. The number of hydrogen-bond acceptors (Lipinski definition) is 3. The number of nitriles is 1. The Balaban J connectivity index is 1.68. The fraction of sp³-hybridized carbons (Fsp3) is 0.100. The molecule has 2 aromatic carbocycles. The molecule has 0 spiro atoms. The molecule has 3 aromatic rings. The van der Waals surface area contributed by atoms with Crippen molar-refractivity contribution in [2.45, 2.75) is 6.42 Å². The van der Waals surface area contributed by atoms with Crippen molar-refractivity contribution in [3.8, 4) is 11.8 Å². The fourth-order valence-corrected chi connectivity index (χ4v) is 3.23. The SMILES string of the molecule is N#CC(=Cc1cc(Cl)c(O)c(Cl)c1)C(=O)NCCc1c[nH]c2ccccc12. The maximum Gasteiger partial charge on any atom is 0.261 e. The van der Waals surface area contributed by atoms with Crippen molar-refractivity contribution in [3.63, 3.8) is 0 Å². The Morgan fingerprint density at radius 2 is 1.96 bits per heavy atom. The van der Waals surface area contributed by atoms with Crippen LogP contribution in [0.5, 0.6) is 5.75 Å². The topological polar surface area (TPSA) is 88.9 Å². The quantitative estimate of drug-likeness (QED) is 0.437. The third-order valence-electron chi connectivity index (χ3n) is 4.07. The molecule has 1 aromatic heterocycles. The average molecular weight is 400 g/mol. The molecule has 1 heterocycles. The number of phenols is 1. The lowest BCUT2D eigenvalue weighted by atomic mass is 10.1. The summed E-state index contributed by atoms with van der Waals surface area (Å²) in [4.78, 5) is 15.5. The van der Waals surface area contributed by atoms with Gasteiger partial charge in [-0.1, -0.05) is 41.4 Å². The number of amides is 1. The molecule has 27 heavy (non-hydrogen) atoms. The van der Waals surface area contributed by atoms with Crippen LogP contribution in [0.2, 0.25) is 10.0 Å². The Morgan fingerprint density at radius 1 is 1.26 bits per heavy atom. The Labute approximate surface area is 165 Å². The van der Waals surface area contributed by atoms with E-state index in [1.807, 2.05) is 36.5 Å². The molecule has 0 saturated heterocycles. The number of aromatic hydroxyl groups is 1. The highest BCUT2D eigenvalue weighted by molar-refractivity contribution is 6.37. The number of H-pyrrole nitrogens is 1. The van der Waals surface area contributed by atoms with Gasteiger partial charge in [-0.05, 0) is 41.8 Å². The van der Waals surface area contributed by atoms with Crippen molar-refractivity contribution in [2.24, 2.45) is 0 Å². The van der Waals surface area contributed by atoms with Crippen LogP contribution in [0.3, 0.4) is 0 Å². The smallest absolute Gasteiger partial charge is 0.261 e. The predicted octanol–water partition coefficient (Wildman–Crippen LogP) is 4.45. The minimum absolute atomic E-state index is 0.0470. The van der Waals surface area contributed by atoms with E-state index >= 15 is 0 Å². The van der Waals surface area contributed by atoms with Crippen LogP contribution in [0.25, 0.3) is 17.0 Å². The zero-order chi connectivity index (χ0) is 19.4. The molecule has 0 unspecified atom stereocenters. The number of halogens is 2. The summed E-state index contributed by atoms with van der Waals surface area (Å²) in [5.74, 6) is -0.727. The third-order valence-corrected chi connectivity index (χ3v) is 4.65. The summed E-state index contributed by atoms with van der Waals surface area (Å²) >= 11 is 11.7. The first-order valence-electron chi connectivity index (χ1n) is 8.12. The molecule has 0 bridgehead atoms. The third kappa shape index (κ3) is 4.25. The second-order valence-corrected chi connectivity index (χ2v) is 6.68. The molecule has 0 radical (unpaired) electrons. The van der Waals surface area contributed by atoms with Gasteiger partial charge < -0.3 is 15.4 Å². The monoisotopic (exact) mass is 399 g/mol. The Hall–Kier alpha value is -2.94.